The molecule has 1 heterocycles. The van der Waals surface area contributed by atoms with E-state index in [1.165, 1.54) is 12.8 Å². The van der Waals surface area contributed by atoms with Gasteiger partial charge in [0.2, 0.25) is 0 Å². The van der Waals surface area contributed by atoms with Crippen LogP contribution in [-0.4, -0.2) is 18.1 Å². The third-order valence-corrected chi connectivity index (χ3v) is 3.71. The SMILES string of the molecule is COc1cccnc1-c1ccc(Cl)cc1CNC1CC1. The Morgan fingerprint density at radius 3 is 2.95 bits per heavy atom. The maximum absolute atomic E-state index is 6.13. The van der Waals surface area contributed by atoms with Crippen LogP contribution in [0.2, 0.25) is 5.02 Å². The number of nitrogens with zero attached hydrogens (tertiary/aromatic N) is 1. The van der Waals surface area contributed by atoms with Crippen molar-refractivity contribution >= 4 is 11.6 Å². The largest absolute Gasteiger partial charge is 0.494 e. The number of halogens is 1. The molecule has 1 aliphatic rings. The molecular weight excluding hydrogens is 272 g/mol. The van der Waals surface area contributed by atoms with E-state index in [4.69, 9.17) is 16.3 Å². The monoisotopic (exact) mass is 288 g/mol. The molecule has 104 valence electrons. The fraction of sp³-hybridized carbons (Fsp3) is 0.312. The Balaban J connectivity index is 1.98. The number of hydrogen-bond acceptors (Lipinski definition) is 3. The normalized spacial score (nSPS) is 14.3. The zero-order valence-electron chi connectivity index (χ0n) is 11.4. The molecule has 0 aliphatic heterocycles. The third kappa shape index (κ3) is 2.94. The van der Waals surface area contributed by atoms with Gasteiger partial charge in [-0.3, -0.25) is 4.98 Å². The van der Waals surface area contributed by atoms with Crippen LogP contribution in [0.15, 0.2) is 36.5 Å². The van der Waals surface area contributed by atoms with Crippen LogP contribution in [0.1, 0.15) is 18.4 Å². The van der Waals surface area contributed by atoms with Gasteiger partial charge in [0.25, 0.3) is 0 Å². The molecule has 0 unspecified atom stereocenters. The summed E-state index contributed by atoms with van der Waals surface area (Å²) in [5, 5.41) is 4.27. The standard InChI is InChI=1S/C16H17ClN2O/c1-20-15-3-2-8-18-16(15)14-7-4-12(17)9-11(14)10-19-13-5-6-13/h2-4,7-9,13,19H,5-6,10H2,1H3. The summed E-state index contributed by atoms with van der Waals surface area (Å²) < 4.78 is 5.41. The minimum atomic E-state index is 0.660. The van der Waals surface area contributed by atoms with Gasteiger partial charge in [0.1, 0.15) is 11.4 Å². The summed E-state index contributed by atoms with van der Waals surface area (Å²) in [6.07, 6.45) is 4.32. The van der Waals surface area contributed by atoms with E-state index in [0.717, 1.165) is 34.1 Å². The second-order valence-electron chi connectivity index (χ2n) is 5.01. The van der Waals surface area contributed by atoms with Crippen molar-refractivity contribution in [3.8, 4) is 17.0 Å². The van der Waals surface area contributed by atoms with Crippen molar-refractivity contribution in [2.45, 2.75) is 25.4 Å². The Labute approximate surface area is 123 Å². The lowest BCUT2D eigenvalue weighted by Gasteiger charge is -2.13. The first-order chi connectivity index (χ1) is 9.78. The number of rotatable bonds is 5. The Kier molecular flexibility index (Phi) is 3.90. The van der Waals surface area contributed by atoms with Crippen LogP contribution in [0.3, 0.4) is 0 Å². The van der Waals surface area contributed by atoms with Crippen molar-refractivity contribution in [2.24, 2.45) is 0 Å². The van der Waals surface area contributed by atoms with Crippen LogP contribution in [0.25, 0.3) is 11.3 Å². The zero-order valence-corrected chi connectivity index (χ0v) is 12.2. The van der Waals surface area contributed by atoms with Gasteiger partial charge in [-0.15, -0.1) is 0 Å². The van der Waals surface area contributed by atoms with Crippen molar-refractivity contribution in [1.82, 2.24) is 10.3 Å². The average molecular weight is 289 g/mol. The van der Waals surface area contributed by atoms with E-state index in [1.807, 2.05) is 30.3 Å². The fourth-order valence-corrected chi connectivity index (χ4v) is 2.43. The van der Waals surface area contributed by atoms with Crippen LogP contribution in [0.5, 0.6) is 5.75 Å². The smallest absolute Gasteiger partial charge is 0.145 e. The summed E-state index contributed by atoms with van der Waals surface area (Å²) in [6.45, 7) is 0.806. The molecule has 4 heteroatoms. The lowest BCUT2D eigenvalue weighted by Crippen LogP contribution is -2.16. The number of benzene rings is 1. The molecule has 1 saturated carbocycles. The van der Waals surface area contributed by atoms with E-state index in [1.54, 1.807) is 13.3 Å². The number of nitrogens with one attached hydrogen (secondary N) is 1. The highest BCUT2D eigenvalue weighted by molar-refractivity contribution is 6.30. The van der Waals surface area contributed by atoms with E-state index < -0.39 is 0 Å². The minimum absolute atomic E-state index is 0.660. The second kappa shape index (κ2) is 5.81. The number of pyridine rings is 1. The number of aromatic nitrogens is 1. The van der Waals surface area contributed by atoms with Crippen molar-refractivity contribution in [3.63, 3.8) is 0 Å². The molecule has 0 spiro atoms. The van der Waals surface area contributed by atoms with Crippen molar-refractivity contribution < 1.29 is 4.74 Å². The van der Waals surface area contributed by atoms with Crippen molar-refractivity contribution in [1.29, 1.82) is 0 Å². The summed E-state index contributed by atoms with van der Waals surface area (Å²) in [6, 6.07) is 10.4. The lowest BCUT2D eigenvalue weighted by molar-refractivity contribution is 0.414. The molecule has 3 nitrogen and oxygen atoms in total. The van der Waals surface area contributed by atoms with Crippen molar-refractivity contribution in [3.05, 3.63) is 47.1 Å². The predicted molar refractivity (Wildman–Crippen MR) is 81.1 cm³/mol. The second-order valence-corrected chi connectivity index (χ2v) is 5.45. The summed E-state index contributed by atoms with van der Waals surface area (Å²) in [4.78, 5) is 4.46. The Hall–Kier alpha value is -1.58. The molecule has 0 radical (unpaired) electrons. The van der Waals surface area contributed by atoms with Gasteiger partial charge in [-0.25, -0.2) is 0 Å². The molecule has 1 aromatic carbocycles. The Bertz CT molecular complexity index is 611. The molecule has 1 aromatic heterocycles. The van der Waals surface area contributed by atoms with Gasteiger partial charge in [0, 0.05) is 29.4 Å². The van der Waals surface area contributed by atoms with E-state index in [9.17, 15) is 0 Å². The van der Waals surface area contributed by atoms with E-state index in [0.29, 0.717) is 6.04 Å². The quantitative estimate of drug-likeness (QED) is 0.912. The zero-order chi connectivity index (χ0) is 13.9. The molecule has 20 heavy (non-hydrogen) atoms. The maximum atomic E-state index is 6.13. The first kappa shape index (κ1) is 13.4. The van der Waals surface area contributed by atoms with Crippen LogP contribution in [0, 0.1) is 0 Å². The predicted octanol–water partition coefficient (Wildman–Crippen LogP) is 3.66. The fourth-order valence-electron chi connectivity index (χ4n) is 2.24. The van der Waals surface area contributed by atoms with Gasteiger partial charge >= 0.3 is 0 Å². The summed E-state index contributed by atoms with van der Waals surface area (Å²) in [5.41, 5.74) is 3.08. The van der Waals surface area contributed by atoms with Gasteiger partial charge in [-0.1, -0.05) is 17.7 Å². The van der Waals surface area contributed by atoms with E-state index in [2.05, 4.69) is 10.3 Å². The number of ether oxygens (including phenoxy) is 1. The van der Waals surface area contributed by atoms with Crippen molar-refractivity contribution in [2.75, 3.05) is 7.11 Å². The molecule has 0 bridgehead atoms. The molecule has 0 amide bonds. The Morgan fingerprint density at radius 1 is 1.35 bits per heavy atom. The highest BCUT2D eigenvalue weighted by atomic mass is 35.5. The van der Waals surface area contributed by atoms with E-state index in [-0.39, 0.29) is 0 Å². The number of hydrogen-bond donors (Lipinski definition) is 1. The maximum Gasteiger partial charge on any atom is 0.145 e. The minimum Gasteiger partial charge on any atom is -0.494 e. The van der Waals surface area contributed by atoms with Gasteiger partial charge in [-0.2, -0.15) is 0 Å². The molecule has 2 aromatic rings. The average Bonchev–Trinajstić information content (AvgIpc) is 3.29. The summed E-state index contributed by atoms with van der Waals surface area (Å²) in [7, 11) is 1.67. The first-order valence-electron chi connectivity index (χ1n) is 6.79. The van der Waals surface area contributed by atoms with Crippen LogP contribution in [0.4, 0.5) is 0 Å². The molecular formula is C16H17ClN2O. The van der Waals surface area contributed by atoms with Crippen LogP contribution >= 0.6 is 11.6 Å². The first-order valence-corrected chi connectivity index (χ1v) is 7.17. The van der Waals surface area contributed by atoms with Gasteiger partial charge < -0.3 is 10.1 Å². The van der Waals surface area contributed by atoms with Gasteiger partial charge in [0.15, 0.2) is 0 Å². The van der Waals surface area contributed by atoms with Crippen LogP contribution in [-0.2, 0) is 6.54 Å². The summed E-state index contributed by atoms with van der Waals surface area (Å²) in [5.74, 6) is 0.780. The Morgan fingerprint density at radius 2 is 2.20 bits per heavy atom. The van der Waals surface area contributed by atoms with E-state index >= 15 is 0 Å². The third-order valence-electron chi connectivity index (χ3n) is 3.47. The van der Waals surface area contributed by atoms with Crippen LogP contribution < -0.4 is 10.1 Å². The highest BCUT2D eigenvalue weighted by Gasteiger charge is 2.21. The molecule has 3 rings (SSSR count). The lowest BCUT2D eigenvalue weighted by atomic mass is 10.0. The molecule has 1 fully saturated rings. The van der Waals surface area contributed by atoms with Gasteiger partial charge in [0.05, 0.1) is 7.11 Å². The topological polar surface area (TPSA) is 34.1 Å². The van der Waals surface area contributed by atoms with Gasteiger partial charge in [-0.05, 0) is 42.7 Å². The number of methoxy groups -OCH3 is 1. The highest BCUT2D eigenvalue weighted by Crippen LogP contribution is 2.32. The molecule has 1 aliphatic carbocycles. The molecule has 0 atom stereocenters. The summed E-state index contributed by atoms with van der Waals surface area (Å²) >= 11 is 6.13. The molecule has 1 N–H and O–H groups in total. The molecule has 0 saturated heterocycles.